The van der Waals surface area contributed by atoms with Crippen molar-refractivity contribution < 1.29 is 9.53 Å². The van der Waals surface area contributed by atoms with Gasteiger partial charge >= 0.3 is 0 Å². The minimum atomic E-state index is -0.179. The van der Waals surface area contributed by atoms with Crippen LogP contribution in [0.4, 0.5) is 0 Å². The van der Waals surface area contributed by atoms with Crippen LogP contribution in [-0.2, 0) is 0 Å². The fourth-order valence-electron chi connectivity index (χ4n) is 1.54. The van der Waals surface area contributed by atoms with Crippen LogP contribution in [-0.4, -0.2) is 16.9 Å². The van der Waals surface area contributed by atoms with Crippen LogP contribution in [0, 0.1) is 0 Å². The molecule has 1 heterocycles. The monoisotopic (exact) mass is 256 g/mol. The summed E-state index contributed by atoms with van der Waals surface area (Å²) < 4.78 is 5.60. The summed E-state index contributed by atoms with van der Waals surface area (Å²) in [6.07, 6.45) is 1.54. The molecule has 19 heavy (non-hydrogen) atoms. The summed E-state index contributed by atoms with van der Waals surface area (Å²) in [6, 6.07) is 12.9. The fourth-order valence-corrected chi connectivity index (χ4v) is 1.54. The Kier molecular flexibility index (Phi) is 4.13. The topological polar surface area (TPSA) is 51.2 Å². The highest BCUT2D eigenvalue weighted by atomic mass is 16.5. The van der Waals surface area contributed by atoms with Crippen LogP contribution in [0.25, 0.3) is 0 Å². The quantitative estimate of drug-likeness (QED) is 0.914. The molecule has 0 aliphatic rings. The molecule has 0 bridgehead atoms. The molecule has 0 aliphatic heterocycles. The van der Waals surface area contributed by atoms with Crippen molar-refractivity contribution >= 4 is 5.91 Å². The molecular formula is C15H16N2O2. The maximum Gasteiger partial charge on any atom is 0.270 e. The number of rotatable bonds is 4. The second kappa shape index (κ2) is 6.00. The Morgan fingerprint density at radius 1 is 1.11 bits per heavy atom. The van der Waals surface area contributed by atoms with E-state index in [0.717, 1.165) is 5.75 Å². The molecule has 2 aromatic rings. The van der Waals surface area contributed by atoms with Crippen molar-refractivity contribution in [1.82, 2.24) is 10.3 Å². The third-order valence-electron chi connectivity index (χ3n) is 2.37. The van der Waals surface area contributed by atoms with E-state index in [1.54, 1.807) is 18.3 Å². The molecule has 1 aromatic carbocycles. The molecule has 0 saturated carbocycles. The first-order valence-corrected chi connectivity index (χ1v) is 6.15. The summed E-state index contributed by atoms with van der Waals surface area (Å²) >= 11 is 0. The first kappa shape index (κ1) is 13.1. The molecule has 0 radical (unpaired) electrons. The minimum Gasteiger partial charge on any atom is -0.456 e. The van der Waals surface area contributed by atoms with E-state index in [1.165, 1.54) is 0 Å². The molecular weight excluding hydrogens is 240 g/mol. The predicted molar refractivity (Wildman–Crippen MR) is 73.4 cm³/mol. The molecule has 0 fully saturated rings. The van der Waals surface area contributed by atoms with Gasteiger partial charge in [0.15, 0.2) is 0 Å². The van der Waals surface area contributed by atoms with Gasteiger partial charge in [0.1, 0.15) is 17.2 Å². The van der Waals surface area contributed by atoms with Crippen LogP contribution >= 0.6 is 0 Å². The Hall–Kier alpha value is -2.36. The lowest BCUT2D eigenvalue weighted by molar-refractivity contribution is 0.0938. The van der Waals surface area contributed by atoms with E-state index in [0.29, 0.717) is 11.4 Å². The molecule has 4 nitrogen and oxygen atoms in total. The first-order chi connectivity index (χ1) is 9.15. The Morgan fingerprint density at radius 3 is 2.42 bits per heavy atom. The van der Waals surface area contributed by atoms with Crippen molar-refractivity contribution in [3.63, 3.8) is 0 Å². The molecule has 1 N–H and O–H groups in total. The number of aromatic nitrogens is 1. The molecule has 0 saturated heterocycles. The summed E-state index contributed by atoms with van der Waals surface area (Å²) in [6.45, 7) is 3.82. The highest BCUT2D eigenvalue weighted by molar-refractivity contribution is 5.92. The molecule has 0 spiro atoms. The predicted octanol–water partition coefficient (Wildman–Crippen LogP) is 3.01. The first-order valence-electron chi connectivity index (χ1n) is 6.15. The molecule has 2 rings (SSSR count). The van der Waals surface area contributed by atoms with Crippen molar-refractivity contribution in [3.05, 3.63) is 54.4 Å². The van der Waals surface area contributed by atoms with E-state index in [4.69, 9.17) is 4.74 Å². The normalized spacial score (nSPS) is 10.3. The van der Waals surface area contributed by atoms with Gasteiger partial charge < -0.3 is 10.1 Å². The second-order valence-corrected chi connectivity index (χ2v) is 4.42. The third-order valence-corrected chi connectivity index (χ3v) is 2.37. The van der Waals surface area contributed by atoms with Crippen LogP contribution in [0.5, 0.6) is 11.5 Å². The molecule has 1 amide bonds. The van der Waals surface area contributed by atoms with E-state index in [1.807, 2.05) is 44.2 Å². The molecule has 0 aliphatic carbocycles. The maximum atomic E-state index is 11.7. The van der Waals surface area contributed by atoms with Gasteiger partial charge in [-0.15, -0.1) is 0 Å². The van der Waals surface area contributed by atoms with Gasteiger partial charge in [-0.25, -0.2) is 4.98 Å². The standard InChI is InChI=1S/C15H16N2O2/c1-11(2)17-15(18)14-9-8-13(10-16-14)19-12-6-4-3-5-7-12/h3-11H,1-2H3,(H,17,18). The molecule has 0 atom stereocenters. The smallest absolute Gasteiger partial charge is 0.270 e. The van der Waals surface area contributed by atoms with Crippen molar-refractivity contribution in [3.8, 4) is 11.5 Å². The average molecular weight is 256 g/mol. The maximum absolute atomic E-state index is 11.7. The number of hydrogen-bond donors (Lipinski definition) is 1. The minimum absolute atomic E-state index is 0.0922. The van der Waals surface area contributed by atoms with Crippen molar-refractivity contribution in [2.75, 3.05) is 0 Å². The lowest BCUT2D eigenvalue weighted by atomic mass is 10.3. The van der Waals surface area contributed by atoms with E-state index in [-0.39, 0.29) is 11.9 Å². The number of ether oxygens (including phenoxy) is 1. The van der Waals surface area contributed by atoms with Gasteiger partial charge in [0, 0.05) is 6.04 Å². The van der Waals surface area contributed by atoms with Gasteiger partial charge in [-0.1, -0.05) is 18.2 Å². The Morgan fingerprint density at radius 2 is 1.84 bits per heavy atom. The number of hydrogen-bond acceptors (Lipinski definition) is 3. The van der Waals surface area contributed by atoms with Crippen LogP contribution in [0.1, 0.15) is 24.3 Å². The Balaban J connectivity index is 2.04. The Labute approximate surface area is 112 Å². The highest BCUT2D eigenvalue weighted by Crippen LogP contribution is 2.19. The summed E-state index contributed by atoms with van der Waals surface area (Å²) in [7, 11) is 0. The average Bonchev–Trinajstić information content (AvgIpc) is 2.40. The van der Waals surface area contributed by atoms with Gasteiger partial charge in [0.2, 0.25) is 0 Å². The van der Waals surface area contributed by atoms with Crippen molar-refractivity contribution in [2.24, 2.45) is 0 Å². The number of carbonyl (C=O) groups is 1. The van der Waals surface area contributed by atoms with Gasteiger partial charge in [-0.2, -0.15) is 0 Å². The van der Waals surface area contributed by atoms with Crippen LogP contribution in [0.2, 0.25) is 0 Å². The molecule has 4 heteroatoms. The van der Waals surface area contributed by atoms with Gasteiger partial charge in [0.25, 0.3) is 5.91 Å². The summed E-state index contributed by atoms with van der Waals surface area (Å²) in [5.41, 5.74) is 0.383. The van der Waals surface area contributed by atoms with Gasteiger partial charge in [-0.3, -0.25) is 4.79 Å². The number of nitrogens with zero attached hydrogens (tertiary/aromatic N) is 1. The van der Waals surface area contributed by atoms with E-state index in [2.05, 4.69) is 10.3 Å². The van der Waals surface area contributed by atoms with E-state index in [9.17, 15) is 4.79 Å². The van der Waals surface area contributed by atoms with Crippen molar-refractivity contribution in [1.29, 1.82) is 0 Å². The summed E-state index contributed by atoms with van der Waals surface area (Å²) in [5, 5.41) is 2.79. The second-order valence-electron chi connectivity index (χ2n) is 4.42. The number of carbonyl (C=O) groups excluding carboxylic acids is 1. The Bertz CT molecular complexity index is 536. The number of benzene rings is 1. The van der Waals surface area contributed by atoms with Crippen LogP contribution < -0.4 is 10.1 Å². The largest absolute Gasteiger partial charge is 0.456 e. The third kappa shape index (κ3) is 3.81. The fraction of sp³-hybridized carbons (Fsp3) is 0.200. The lowest BCUT2D eigenvalue weighted by Gasteiger charge is -2.08. The number of nitrogens with one attached hydrogen (secondary N) is 1. The summed E-state index contributed by atoms with van der Waals surface area (Å²) in [4.78, 5) is 15.8. The summed E-state index contributed by atoms with van der Waals surface area (Å²) in [5.74, 6) is 1.16. The zero-order valence-corrected chi connectivity index (χ0v) is 11.0. The molecule has 0 unspecified atom stereocenters. The molecule has 98 valence electrons. The van der Waals surface area contributed by atoms with Gasteiger partial charge in [-0.05, 0) is 38.1 Å². The lowest BCUT2D eigenvalue weighted by Crippen LogP contribution is -2.30. The van der Waals surface area contributed by atoms with Crippen molar-refractivity contribution in [2.45, 2.75) is 19.9 Å². The van der Waals surface area contributed by atoms with Gasteiger partial charge in [0.05, 0.1) is 6.20 Å². The number of para-hydroxylation sites is 1. The zero-order chi connectivity index (χ0) is 13.7. The van der Waals surface area contributed by atoms with E-state index >= 15 is 0 Å². The van der Waals surface area contributed by atoms with Crippen LogP contribution in [0.15, 0.2) is 48.7 Å². The number of amides is 1. The SMILES string of the molecule is CC(C)NC(=O)c1ccc(Oc2ccccc2)cn1. The zero-order valence-electron chi connectivity index (χ0n) is 11.0. The van der Waals surface area contributed by atoms with E-state index < -0.39 is 0 Å². The van der Waals surface area contributed by atoms with Crippen LogP contribution in [0.3, 0.4) is 0 Å². The highest BCUT2D eigenvalue weighted by Gasteiger charge is 2.08. The number of pyridine rings is 1. The molecule has 1 aromatic heterocycles.